The first kappa shape index (κ1) is 13.6. The Labute approximate surface area is 122 Å². The Bertz CT molecular complexity index is 654. The van der Waals surface area contributed by atoms with Gasteiger partial charge in [-0.2, -0.15) is 0 Å². The molecule has 0 radical (unpaired) electrons. The molecule has 0 bridgehead atoms. The molecule has 3 nitrogen and oxygen atoms in total. The maximum absolute atomic E-state index is 13.5. The molecule has 1 amide bonds. The molecule has 1 saturated carbocycles. The second kappa shape index (κ2) is 5.56. The molecule has 108 valence electrons. The number of hydrogen-bond donors (Lipinski definition) is 2. The molecule has 0 spiro atoms. The van der Waals surface area contributed by atoms with Gasteiger partial charge in [0, 0.05) is 18.0 Å². The first-order chi connectivity index (χ1) is 10.1. The van der Waals surface area contributed by atoms with E-state index in [4.69, 9.17) is 0 Å². The molecule has 2 atom stereocenters. The molecule has 2 aromatic rings. The van der Waals surface area contributed by atoms with Crippen LogP contribution in [0.1, 0.15) is 23.5 Å². The molecule has 0 aromatic heterocycles. The van der Waals surface area contributed by atoms with E-state index in [1.165, 1.54) is 6.07 Å². The van der Waals surface area contributed by atoms with Crippen LogP contribution in [-0.2, 0) is 11.3 Å². The van der Waals surface area contributed by atoms with Crippen molar-refractivity contribution in [2.75, 3.05) is 0 Å². The van der Waals surface area contributed by atoms with E-state index < -0.39 is 0 Å². The van der Waals surface area contributed by atoms with E-state index in [2.05, 4.69) is 5.32 Å². The summed E-state index contributed by atoms with van der Waals surface area (Å²) in [5.41, 5.74) is 1.55. The number of halogens is 1. The second-order valence-electron chi connectivity index (χ2n) is 5.35. The molecule has 2 aromatic carbocycles. The lowest BCUT2D eigenvalue weighted by atomic mass is 10.1. The van der Waals surface area contributed by atoms with Crippen molar-refractivity contribution in [2.45, 2.75) is 18.9 Å². The van der Waals surface area contributed by atoms with E-state index in [0.717, 1.165) is 12.0 Å². The van der Waals surface area contributed by atoms with Gasteiger partial charge in [0.1, 0.15) is 11.6 Å². The minimum atomic E-state index is -0.302. The SMILES string of the molecule is O=C(NCc1ccccc1F)C1CC1c1ccc(O)cc1. The highest BCUT2D eigenvalue weighted by molar-refractivity contribution is 5.82. The first-order valence-corrected chi connectivity index (χ1v) is 6.95. The summed E-state index contributed by atoms with van der Waals surface area (Å²) in [6.07, 6.45) is 0.799. The fraction of sp³-hybridized carbons (Fsp3) is 0.235. The highest BCUT2D eigenvalue weighted by Crippen LogP contribution is 2.47. The highest BCUT2D eigenvalue weighted by atomic mass is 19.1. The minimum absolute atomic E-state index is 0.0451. The lowest BCUT2D eigenvalue weighted by Gasteiger charge is -2.06. The number of carbonyl (C=O) groups is 1. The first-order valence-electron chi connectivity index (χ1n) is 6.95. The second-order valence-corrected chi connectivity index (χ2v) is 5.35. The molecule has 1 aliphatic carbocycles. The summed E-state index contributed by atoms with van der Waals surface area (Å²) in [5, 5.41) is 12.0. The lowest BCUT2D eigenvalue weighted by molar-refractivity contribution is -0.122. The molecular weight excluding hydrogens is 269 g/mol. The van der Waals surface area contributed by atoms with Crippen LogP contribution in [0.5, 0.6) is 5.75 Å². The number of aromatic hydroxyl groups is 1. The molecule has 2 N–H and O–H groups in total. The van der Waals surface area contributed by atoms with E-state index in [0.29, 0.717) is 5.56 Å². The van der Waals surface area contributed by atoms with Crippen molar-refractivity contribution in [2.24, 2.45) is 5.92 Å². The molecular formula is C17H16FNO2. The largest absolute Gasteiger partial charge is 0.508 e. The predicted octanol–water partition coefficient (Wildman–Crippen LogP) is 2.95. The molecule has 21 heavy (non-hydrogen) atoms. The Balaban J connectivity index is 1.56. The van der Waals surface area contributed by atoms with Gasteiger partial charge in [0.05, 0.1) is 0 Å². The normalized spacial score (nSPS) is 20.0. The van der Waals surface area contributed by atoms with Crippen molar-refractivity contribution in [1.29, 1.82) is 0 Å². The standard InChI is InChI=1S/C17H16FNO2/c18-16-4-2-1-3-12(16)10-19-17(21)15-9-14(15)11-5-7-13(20)8-6-11/h1-8,14-15,20H,9-10H2,(H,19,21). The van der Waals surface area contributed by atoms with E-state index >= 15 is 0 Å². The number of benzene rings is 2. The summed E-state index contributed by atoms with van der Waals surface area (Å²) < 4.78 is 13.5. The van der Waals surface area contributed by atoms with E-state index in [9.17, 15) is 14.3 Å². The summed E-state index contributed by atoms with van der Waals surface area (Å²) in [7, 11) is 0. The predicted molar refractivity (Wildman–Crippen MR) is 77.2 cm³/mol. The van der Waals surface area contributed by atoms with Gasteiger partial charge in [-0.15, -0.1) is 0 Å². The number of hydrogen-bond acceptors (Lipinski definition) is 2. The van der Waals surface area contributed by atoms with E-state index in [1.807, 2.05) is 12.1 Å². The number of rotatable bonds is 4. The van der Waals surface area contributed by atoms with E-state index in [-0.39, 0.29) is 35.9 Å². The van der Waals surface area contributed by atoms with Gasteiger partial charge in [-0.1, -0.05) is 30.3 Å². The maximum atomic E-state index is 13.5. The van der Waals surface area contributed by atoms with Gasteiger partial charge in [-0.3, -0.25) is 4.79 Å². The number of phenols is 1. The average molecular weight is 285 g/mol. The van der Waals surface area contributed by atoms with Crippen LogP contribution < -0.4 is 5.32 Å². The van der Waals surface area contributed by atoms with Crippen LogP contribution in [0, 0.1) is 11.7 Å². The Morgan fingerprint density at radius 2 is 1.90 bits per heavy atom. The van der Waals surface area contributed by atoms with Gasteiger partial charge in [0.2, 0.25) is 5.91 Å². The van der Waals surface area contributed by atoms with Crippen LogP contribution in [0.3, 0.4) is 0 Å². The fourth-order valence-corrected chi connectivity index (χ4v) is 2.53. The van der Waals surface area contributed by atoms with Gasteiger partial charge in [0.15, 0.2) is 0 Å². The molecule has 1 aliphatic rings. The molecule has 1 fully saturated rings. The number of carbonyl (C=O) groups excluding carboxylic acids is 1. The minimum Gasteiger partial charge on any atom is -0.508 e. The van der Waals surface area contributed by atoms with Crippen LogP contribution in [0.15, 0.2) is 48.5 Å². The van der Waals surface area contributed by atoms with Gasteiger partial charge in [-0.25, -0.2) is 4.39 Å². The topological polar surface area (TPSA) is 49.3 Å². The Morgan fingerprint density at radius 1 is 1.19 bits per heavy atom. The summed E-state index contributed by atoms with van der Waals surface area (Å²) in [4.78, 5) is 12.1. The molecule has 0 aliphatic heterocycles. The van der Waals surface area contributed by atoms with Crippen molar-refractivity contribution in [3.63, 3.8) is 0 Å². The van der Waals surface area contributed by atoms with Gasteiger partial charge in [-0.05, 0) is 36.1 Å². The quantitative estimate of drug-likeness (QED) is 0.907. The van der Waals surface area contributed by atoms with Crippen molar-refractivity contribution < 1.29 is 14.3 Å². The Morgan fingerprint density at radius 3 is 2.62 bits per heavy atom. The number of phenolic OH excluding ortho intramolecular Hbond substituents is 1. The van der Waals surface area contributed by atoms with Gasteiger partial charge in [0.25, 0.3) is 0 Å². The van der Waals surface area contributed by atoms with Gasteiger partial charge < -0.3 is 10.4 Å². The Hall–Kier alpha value is -2.36. The van der Waals surface area contributed by atoms with Crippen LogP contribution >= 0.6 is 0 Å². The third-order valence-corrected chi connectivity index (χ3v) is 3.86. The molecule has 2 unspecified atom stereocenters. The van der Waals surface area contributed by atoms with Gasteiger partial charge >= 0.3 is 0 Å². The average Bonchev–Trinajstić information content (AvgIpc) is 3.27. The zero-order chi connectivity index (χ0) is 14.8. The third-order valence-electron chi connectivity index (χ3n) is 3.86. The molecule has 4 heteroatoms. The summed E-state index contributed by atoms with van der Waals surface area (Å²) in [5.74, 6) is 0.0208. The van der Waals surface area contributed by atoms with E-state index in [1.54, 1.807) is 30.3 Å². The summed E-state index contributed by atoms with van der Waals surface area (Å²) in [6.45, 7) is 0.213. The van der Waals surface area contributed by atoms with Crippen LogP contribution in [0.2, 0.25) is 0 Å². The van der Waals surface area contributed by atoms with Crippen LogP contribution in [0.4, 0.5) is 4.39 Å². The summed E-state index contributed by atoms with van der Waals surface area (Å²) in [6, 6.07) is 13.4. The zero-order valence-corrected chi connectivity index (χ0v) is 11.4. The molecule has 0 heterocycles. The fourth-order valence-electron chi connectivity index (χ4n) is 2.53. The number of amides is 1. The van der Waals surface area contributed by atoms with Crippen molar-refractivity contribution in [3.8, 4) is 5.75 Å². The van der Waals surface area contributed by atoms with Crippen molar-refractivity contribution in [1.82, 2.24) is 5.32 Å². The smallest absolute Gasteiger partial charge is 0.224 e. The molecule has 3 rings (SSSR count). The van der Waals surface area contributed by atoms with Crippen LogP contribution in [-0.4, -0.2) is 11.0 Å². The monoisotopic (exact) mass is 285 g/mol. The maximum Gasteiger partial charge on any atom is 0.224 e. The Kier molecular flexibility index (Phi) is 3.60. The summed E-state index contributed by atoms with van der Waals surface area (Å²) >= 11 is 0. The zero-order valence-electron chi connectivity index (χ0n) is 11.4. The van der Waals surface area contributed by atoms with Crippen molar-refractivity contribution in [3.05, 3.63) is 65.5 Å². The molecule has 0 saturated heterocycles. The highest BCUT2D eigenvalue weighted by Gasteiger charge is 2.43. The lowest BCUT2D eigenvalue weighted by Crippen LogP contribution is -2.25. The van der Waals surface area contributed by atoms with Crippen LogP contribution in [0.25, 0.3) is 0 Å². The third kappa shape index (κ3) is 3.05. The number of nitrogens with one attached hydrogen (secondary N) is 1. The van der Waals surface area contributed by atoms with Crippen molar-refractivity contribution >= 4 is 5.91 Å².